The van der Waals surface area contributed by atoms with Crippen molar-refractivity contribution < 1.29 is 14.9 Å². The molecule has 0 aliphatic heterocycles. The molecule has 0 saturated carbocycles. The first-order valence-electron chi connectivity index (χ1n) is 6.45. The van der Waals surface area contributed by atoms with Crippen LogP contribution in [0, 0.1) is 6.92 Å². The van der Waals surface area contributed by atoms with Crippen molar-refractivity contribution in [3.8, 4) is 0 Å². The Morgan fingerprint density at radius 1 is 1.17 bits per heavy atom. The fraction of sp³-hybridized carbons (Fsp3) is 0.600. The Morgan fingerprint density at radius 3 is 2.28 bits per heavy atom. The van der Waals surface area contributed by atoms with Crippen LogP contribution >= 0.6 is 0 Å². The molecule has 1 aromatic carbocycles. The Kier molecular flexibility index (Phi) is 5.79. The highest BCUT2D eigenvalue weighted by atomic mass is 16.5. The van der Waals surface area contributed by atoms with Crippen molar-refractivity contribution in [2.75, 3.05) is 19.8 Å². The second-order valence-corrected chi connectivity index (χ2v) is 5.08. The fourth-order valence-electron chi connectivity index (χ4n) is 2.17. The summed E-state index contributed by atoms with van der Waals surface area (Å²) in [6.45, 7) is 6.35. The zero-order chi connectivity index (χ0) is 13.6. The number of ether oxygens (including phenoxy) is 1. The highest BCUT2D eigenvalue weighted by Gasteiger charge is 2.32. The zero-order valence-electron chi connectivity index (χ0n) is 11.5. The predicted octanol–water partition coefficient (Wildman–Crippen LogP) is 2.03. The van der Waals surface area contributed by atoms with Gasteiger partial charge in [-0.2, -0.15) is 0 Å². The zero-order valence-corrected chi connectivity index (χ0v) is 11.5. The van der Waals surface area contributed by atoms with Crippen LogP contribution in [0.3, 0.4) is 0 Å². The van der Waals surface area contributed by atoms with E-state index in [-0.39, 0.29) is 19.3 Å². The topological polar surface area (TPSA) is 49.7 Å². The first-order chi connectivity index (χ1) is 8.55. The molecular formula is C15H24O3. The Labute approximate surface area is 109 Å². The first kappa shape index (κ1) is 15.2. The fourth-order valence-corrected chi connectivity index (χ4v) is 2.17. The molecular weight excluding hydrogens is 228 g/mol. The molecule has 0 heterocycles. The minimum absolute atomic E-state index is 0.0736. The Morgan fingerprint density at radius 2 is 1.78 bits per heavy atom. The summed E-state index contributed by atoms with van der Waals surface area (Å²) in [4.78, 5) is 0. The van der Waals surface area contributed by atoms with Crippen molar-refractivity contribution in [3.05, 3.63) is 35.4 Å². The summed E-state index contributed by atoms with van der Waals surface area (Å²) in [7, 11) is 0. The number of aliphatic hydroxyl groups is 2. The number of rotatable bonds is 7. The maximum Gasteiger partial charge on any atom is 0.0551 e. The number of hydrogen-bond donors (Lipinski definition) is 2. The van der Waals surface area contributed by atoms with Crippen LogP contribution in [0.4, 0.5) is 0 Å². The van der Waals surface area contributed by atoms with Gasteiger partial charge in [0.05, 0.1) is 19.3 Å². The third-order valence-electron chi connectivity index (χ3n) is 3.35. The lowest BCUT2D eigenvalue weighted by molar-refractivity contribution is 0.0361. The summed E-state index contributed by atoms with van der Waals surface area (Å²) in [6, 6.07) is 7.87. The molecule has 0 aromatic heterocycles. The molecule has 1 aromatic rings. The third kappa shape index (κ3) is 3.55. The van der Waals surface area contributed by atoms with Gasteiger partial charge in [0.25, 0.3) is 0 Å². The molecule has 0 spiro atoms. The van der Waals surface area contributed by atoms with Gasteiger partial charge in [-0.15, -0.1) is 0 Å². The van der Waals surface area contributed by atoms with Crippen LogP contribution < -0.4 is 0 Å². The predicted molar refractivity (Wildman–Crippen MR) is 72.7 cm³/mol. The molecule has 102 valence electrons. The average molecular weight is 252 g/mol. The first-order valence-corrected chi connectivity index (χ1v) is 6.45. The lowest BCUT2D eigenvalue weighted by Crippen LogP contribution is -2.37. The molecule has 0 saturated heterocycles. The maximum absolute atomic E-state index is 9.70. The van der Waals surface area contributed by atoms with Gasteiger partial charge in [0.2, 0.25) is 0 Å². The molecule has 18 heavy (non-hydrogen) atoms. The average Bonchev–Trinajstić information content (AvgIpc) is 2.36. The second kappa shape index (κ2) is 6.88. The largest absolute Gasteiger partial charge is 0.395 e. The minimum Gasteiger partial charge on any atom is -0.395 e. The normalized spacial score (nSPS) is 12.1. The summed E-state index contributed by atoms with van der Waals surface area (Å²) in [5.74, 6) is 0. The van der Waals surface area contributed by atoms with E-state index in [0.29, 0.717) is 13.0 Å². The monoisotopic (exact) mass is 252 g/mol. The molecule has 0 aliphatic carbocycles. The van der Waals surface area contributed by atoms with Gasteiger partial charge in [0.1, 0.15) is 0 Å². The summed E-state index contributed by atoms with van der Waals surface area (Å²) in [6.07, 6.45) is 0.778. The quantitative estimate of drug-likeness (QED) is 0.780. The van der Waals surface area contributed by atoms with Crippen molar-refractivity contribution >= 4 is 0 Å². The number of aryl methyl sites for hydroxylation is 1. The molecule has 1 rings (SSSR count). The van der Waals surface area contributed by atoms with Gasteiger partial charge >= 0.3 is 0 Å². The van der Waals surface area contributed by atoms with Gasteiger partial charge in [-0.3, -0.25) is 0 Å². The van der Waals surface area contributed by atoms with E-state index in [0.717, 1.165) is 11.1 Å². The summed E-state index contributed by atoms with van der Waals surface area (Å²) in [5.41, 5.74) is 1.48. The van der Waals surface area contributed by atoms with Crippen LogP contribution in [0.2, 0.25) is 0 Å². The molecule has 0 fully saturated rings. The molecule has 0 atom stereocenters. The molecule has 0 unspecified atom stereocenters. The van der Waals surface area contributed by atoms with Crippen molar-refractivity contribution in [2.45, 2.75) is 38.7 Å². The van der Waals surface area contributed by atoms with Gasteiger partial charge in [0, 0.05) is 12.0 Å². The second-order valence-electron chi connectivity index (χ2n) is 5.08. The summed E-state index contributed by atoms with van der Waals surface area (Å²) >= 11 is 0. The van der Waals surface area contributed by atoms with Crippen molar-refractivity contribution in [3.63, 3.8) is 0 Å². The van der Waals surface area contributed by atoms with E-state index in [1.54, 1.807) is 0 Å². The van der Waals surface area contributed by atoms with Gasteiger partial charge in [-0.25, -0.2) is 0 Å². The smallest absolute Gasteiger partial charge is 0.0551 e. The number of aliphatic hydroxyl groups excluding tert-OH is 2. The van der Waals surface area contributed by atoms with E-state index >= 15 is 0 Å². The Hall–Kier alpha value is -0.900. The standard InChI is InChI=1S/C15H24O3/c1-12(2)18-9-8-15(10-16,11-17)14-7-5-4-6-13(14)3/h4-7,12,16-17H,8-11H2,1-3H3. The van der Waals surface area contributed by atoms with Gasteiger partial charge in [0.15, 0.2) is 0 Å². The van der Waals surface area contributed by atoms with Crippen LogP contribution in [0.15, 0.2) is 24.3 Å². The Bertz CT molecular complexity index is 357. The van der Waals surface area contributed by atoms with Crippen LogP contribution in [-0.4, -0.2) is 36.1 Å². The number of hydrogen-bond acceptors (Lipinski definition) is 3. The van der Waals surface area contributed by atoms with Crippen LogP contribution in [0.25, 0.3) is 0 Å². The SMILES string of the molecule is Cc1ccccc1C(CO)(CO)CCOC(C)C. The van der Waals surface area contributed by atoms with Gasteiger partial charge < -0.3 is 14.9 Å². The molecule has 0 aliphatic rings. The summed E-state index contributed by atoms with van der Waals surface area (Å²) in [5, 5.41) is 19.4. The van der Waals surface area contributed by atoms with E-state index in [2.05, 4.69) is 0 Å². The highest BCUT2D eigenvalue weighted by molar-refractivity contribution is 5.33. The van der Waals surface area contributed by atoms with Gasteiger partial charge in [-0.05, 0) is 38.3 Å². The van der Waals surface area contributed by atoms with E-state index in [1.165, 1.54) is 0 Å². The number of benzene rings is 1. The molecule has 0 bridgehead atoms. The minimum atomic E-state index is -0.611. The van der Waals surface area contributed by atoms with Crippen LogP contribution in [0.1, 0.15) is 31.4 Å². The summed E-state index contributed by atoms with van der Waals surface area (Å²) < 4.78 is 5.54. The van der Waals surface area contributed by atoms with Crippen molar-refractivity contribution in [1.29, 1.82) is 0 Å². The van der Waals surface area contributed by atoms with Gasteiger partial charge in [-0.1, -0.05) is 24.3 Å². The molecule has 0 radical (unpaired) electrons. The van der Waals surface area contributed by atoms with E-state index < -0.39 is 5.41 Å². The molecule has 2 N–H and O–H groups in total. The van der Waals surface area contributed by atoms with E-state index in [1.807, 2.05) is 45.0 Å². The highest BCUT2D eigenvalue weighted by Crippen LogP contribution is 2.30. The molecule has 0 amide bonds. The third-order valence-corrected chi connectivity index (χ3v) is 3.35. The lowest BCUT2D eigenvalue weighted by atomic mass is 9.77. The van der Waals surface area contributed by atoms with Crippen LogP contribution in [0.5, 0.6) is 0 Å². The lowest BCUT2D eigenvalue weighted by Gasteiger charge is -2.32. The van der Waals surface area contributed by atoms with Crippen LogP contribution in [-0.2, 0) is 10.2 Å². The Balaban J connectivity index is 2.89. The molecule has 3 heteroatoms. The van der Waals surface area contributed by atoms with E-state index in [9.17, 15) is 10.2 Å². The maximum atomic E-state index is 9.70. The van der Waals surface area contributed by atoms with Crippen molar-refractivity contribution in [2.24, 2.45) is 0 Å². The molecule has 3 nitrogen and oxygen atoms in total. The van der Waals surface area contributed by atoms with E-state index in [4.69, 9.17) is 4.74 Å². The van der Waals surface area contributed by atoms with Crippen molar-refractivity contribution in [1.82, 2.24) is 0 Å².